The molecule has 1 amide bonds. The predicted molar refractivity (Wildman–Crippen MR) is 78.4 cm³/mol. The number of carbonyl (C=O) groups is 2. The van der Waals surface area contributed by atoms with Crippen molar-refractivity contribution >= 4 is 17.6 Å². The molecule has 6 heteroatoms. The molecule has 0 fully saturated rings. The van der Waals surface area contributed by atoms with E-state index in [-0.39, 0.29) is 11.6 Å². The number of carbonyl (C=O) groups excluding carboxylic acids is 1. The van der Waals surface area contributed by atoms with Crippen molar-refractivity contribution in [3.05, 3.63) is 47.3 Å². The van der Waals surface area contributed by atoms with Crippen molar-refractivity contribution in [3.63, 3.8) is 0 Å². The highest BCUT2D eigenvalue weighted by atomic mass is 16.4. The van der Waals surface area contributed by atoms with E-state index in [1.165, 1.54) is 23.9 Å². The van der Waals surface area contributed by atoms with Gasteiger partial charge in [0.25, 0.3) is 5.91 Å². The Morgan fingerprint density at radius 3 is 2.67 bits per heavy atom. The normalized spacial score (nSPS) is 12.0. The molecule has 2 N–H and O–H groups in total. The largest absolute Gasteiger partial charge is 0.480 e. The number of nitrogens with one attached hydrogen (secondary N) is 1. The molecular weight excluding hydrogens is 270 g/mol. The minimum Gasteiger partial charge on any atom is -0.480 e. The molecular formula is C15H17N3O3. The lowest BCUT2D eigenvalue weighted by Crippen LogP contribution is -2.24. The molecule has 0 aliphatic carbocycles. The molecule has 0 aliphatic rings. The maximum atomic E-state index is 12.3. The van der Waals surface area contributed by atoms with Gasteiger partial charge in [0.15, 0.2) is 0 Å². The number of hydrogen-bond donors (Lipinski definition) is 2. The predicted octanol–water partition coefficient (Wildman–Crippen LogP) is 2.40. The Balaban J connectivity index is 2.27. The van der Waals surface area contributed by atoms with Crippen molar-refractivity contribution in [2.24, 2.45) is 0 Å². The Morgan fingerprint density at radius 2 is 2.00 bits per heavy atom. The zero-order valence-corrected chi connectivity index (χ0v) is 12.1. The standard InChI is InChI=1S/C15H17N3O3/c1-9-4-5-10(2)12(8-9)17-14(19)13-6-7-16-18(13)11(3)15(20)21/h4-8,11H,1-3H3,(H,17,19)(H,20,21). The van der Waals surface area contributed by atoms with Crippen LogP contribution in [-0.2, 0) is 4.79 Å². The minimum atomic E-state index is -1.04. The fourth-order valence-corrected chi connectivity index (χ4v) is 1.96. The third-order valence-corrected chi connectivity index (χ3v) is 3.27. The molecule has 1 aromatic heterocycles. The summed E-state index contributed by atoms with van der Waals surface area (Å²) in [4.78, 5) is 23.4. The van der Waals surface area contributed by atoms with Gasteiger partial charge in [-0.2, -0.15) is 5.10 Å². The summed E-state index contributed by atoms with van der Waals surface area (Å²) in [5, 5.41) is 15.7. The fourth-order valence-electron chi connectivity index (χ4n) is 1.96. The number of aryl methyl sites for hydroxylation is 2. The van der Waals surface area contributed by atoms with Crippen LogP contribution in [0.5, 0.6) is 0 Å². The second-order valence-electron chi connectivity index (χ2n) is 4.95. The maximum Gasteiger partial charge on any atom is 0.328 e. The Bertz CT molecular complexity index is 691. The number of aromatic nitrogens is 2. The summed E-state index contributed by atoms with van der Waals surface area (Å²) in [5.74, 6) is -1.42. The van der Waals surface area contributed by atoms with Crippen LogP contribution < -0.4 is 5.32 Å². The molecule has 0 saturated heterocycles. The van der Waals surface area contributed by atoms with E-state index in [1.54, 1.807) is 0 Å². The summed E-state index contributed by atoms with van der Waals surface area (Å²) in [6.07, 6.45) is 1.41. The monoisotopic (exact) mass is 287 g/mol. The van der Waals surface area contributed by atoms with Gasteiger partial charge in [0, 0.05) is 11.9 Å². The van der Waals surface area contributed by atoms with Crippen molar-refractivity contribution in [2.75, 3.05) is 5.32 Å². The zero-order valence-electron chi connectivity index (χ0n) is 12.1. The number of benzene rings is 1. The van der Waals surface area contributed by atoms with Crippen LogP contribution in [-0.4, -0.2) is 26.8 Å². The number of aliphatic carboxylic acids is 1. The van der Waals surface area contributed by atoms with Crippen molar-refractivity contribution in [2.45, 2.75) is 26.8 Å². The highest BCUT2D eigenvalue weighted by Gasteiger charge is 2.21. The second kappa shape index (κ2) is 5.78. The molecule has 0 aliphatic heterocycles. The van der Waals surface area contributed by atoms with Crippen molar-refractivity contribution in [3.8, 4) is 0 Å². The van der Waals surface area contributed by atoms with Crippen LogP contribution >= 0.6 is 0 Å². The molecule has 1 aromatic carbocycles. The lowest BCUT2D eigenvalue weighted by Gasteiger charge is -2.13. The van der Waals surface area contributed by atoms with Gasteiger partial charge in [0.2, 0.25) is 0 Å². The summed E-state index contributed by atoms with van der Waals surface area (Å²) in [7, 11) is 0. The quantitative estimate of drug-likeness (QED) is 0.904. The first-order chi connectivity index (χ1) is 9.90. The molecule has 1 atom stereocenters. The summed E-state index contributed by atoms with van der Waals surface area (Å²) < 4.78 is 1.20. The highest BCUT2D eigenvalue weighted by Crippen LogP contribution is 2.18. The van der Waals surface area contributed by atoms with Gasteiger partial charge in [0.1, 0.15) is 11.7 Å². The average Bonchev–Trinajstić information content (AvgIpc) is 2.91. The first-order valence-corrected chi connectivity index (χ1v) is 6.55. The van der Waals surface area contributed by atoms with E-state index in [9.17, 15) is 9.59 Å². The van der Waals surface area contributed by atoms with Crippen LogP contribution in [0, 0.1) is 13.8 Å². The molecule has 1 unspecified atom stereocenters. The number of hydrogen-bond acceptors (Lipinski definition) is 3. The molecule has 1 heterocycles. The van der Waals surface area contributed by atoms with Gasteiger partial charge in [-0.25, -0.2) is 9.48 Å². The van der Waals surface area contributed by atoms with Crippen LogP contribution in [0.15, 0.2) is 30.5 Å². The molecule has 110 valence electrons. The molecule has 0 radical (unpaired) electrons. The van der Waals surface area contributed by atoms with Gasteiger partial charge in [-0.15, -0.1) is 0 Å². The van der Waals surface area contributed by atoms with Crippen LogP contribution in [0.2, 0.25) is 0 Å². The van der Waals surface area contributed by atoms with Crippen LogP contribution in [0.4, 0.5) is 5.69 Å². The number of carboxylic acids is 1. The summed E-state index contributed by atoms with van der Waals surface area (Å²) in [6.45, 7) is 5.31. The molecule has 21 heavy (non-hydrogen) atoms. The smallest absolute Gasteiger partial charge is 0.328 e. The maximum absolute atomic E-state index is 12.3. The molecule has 0 spiro atoms. The Kier molecular flexibility index (Phi) is 4.07. The molecule has 2 rings (SSSR count). The SMILES string of the molecule is Cc1ccc(C)c(NC(=O)c2ccnn2C(C)C(=O)O)c1. The third-order valence-electron chi connectivity index (χ3n) is 3.27. The number of rotatable bonds is 4. The van der Waals surface area contributed by atoms with Gasteiger partial charge in [-0.3, -0.25) is 4.79 Å². The topological polar surface area (TPSA) is 84.2 Å². The van der Waals surface area contributed by atoms with Crippen LogP contribution in [0.3, 0.4) is 0 Å². The number of anilines is 1. The Labute approximate surface area is 122 Å². The van der Waals surface area contributed by atoms with E-state index in [1.807, 2.05) is 32.0 Å². The minimum absolute atomic E-state index is 0.214. The zero-order chi connectivity index (χ0) is 15.6. The Hall–Kier alpha value is -2.63. The van der Waals surface area contributed by atoms with Crippen LogP contribution in [0.1, 0.15) is 34.6 Å². The first-order valence-electron chi connectivity index (χ1n) is 6.55. The van der Waals surface area contributed by atoms with Crippen molar-refractivity contribution < 1.29 is 14.7 Å². The molecule has 2 aromatic rings. The van der Waals surface area contributed by atoms with Crippen molar-refractivity contribution in [1.82, 2.24) is 9.78 Å². The second-order valence-corrected chi connectivity index (χ2v) is 4.95. The van der Waals surface area contributed by atoms with Crippen molar-refractivity contribution in [1.29, 1.82) is 0 Å². The first kappa shape index (κ1) is 14.8. The fraction of sp³-hybridized carbons (Fsp3) is 0.267. The number of nitrogens with zero attached hydrogens (tertiary/aromatic N) is 2. The van der Waals surface area contributed by atoms with E-state index in [0.29, 0.717) is 5.69 Å². The average molecular weight is 287 g/mol. The van der Waals surface area contributed by atoms with Gasteiger partial charge in [-0.1, -0.05) is 12.1 Å². The van der Waals surface area contributed by atoms with E-state index >= 15 is 0 Å². The molecule has 6 nitrogen and oxygen atoms in total. The van der Waals surface area contributed by atoms with E-state index in [0.717, 1.165) is 11.1 Å². The number of amides is 1. The lowest BCUT2D eigenvalue weighted by molar-refractivity contribution is -0.140. The highest BCUT2D eigenvalue weighted by molar-refractivity contribution is 6.03. The summed E-state index contributed by atoms with van der Waals surface area (Å²) in [6, 6.07) is 6.34. The molecule has 0 saturated carbocycles. The van der Waals surface area contributed by atoms with Gasteiger partial charge in [-0.05, 0) is 44.0 Å². The third kappa shape index (κ3) is 3.10. The van der Waals surface area contributed by atoms with E-state index in [2.05, 4.69) is 10.4 Å². The summed E-state index contributed by atoms with van der Waals surface area (Å²) >= 11 is 0. The van der Waals surface area contributed by atoms with E-state index in [4.69, 9.17) is 5.11 Å². The Morgan fingerprint density at radius 1 is 1.29 bits per heavy atom. The van der Waals surface area contributed by atoms with Gasteiger partial charge >= 0.3 is 5.97 Å². The summed E-state index contributed by atoms with van der Waals surface area (Å²) in [5.41, 5.74) is 2.89. The lowest BCUT2D eigenvalue weighted by atomic mass is 10.1. The van der Waals surface area contributed by atoms with Crippen LogP contribution in [0.25, 0.3) is 0 Å². The van der Waals surface area contributed by atoms with Gasteiger partial charge < -0.3 is 10.4 Å². The molecule has 0 bridgehead atoms. The van der Waals surface area contributed by atoms with Gasteiger partial charge in [0.05, 0.1) is 0 Å². The van der Waals surface area contributed by atoms with E-state index < -0.39 is 12.0 Å². The number of carboxylic acid groups (broad SMARTS) is 1.